The number of nitro groups is 1. The monoisotopic (exact) mass is 545 g/mol. The zero-order chi connectivity index (χ0) is 27.7. The number of hydrogen-bond donors (Lipinski definition) is 0. The first-order valence-corrected chi connectivity index (χ1v) is 12.8. The minimum absolute atomic E-state index is 0.0509. The Morgan fingerprint density at radius 2 is 1.97 bits per heavy atom. The molecular weight excluding hydrogens is 522 g/mol. The molecular formula is C28H23N3O7S. The molecule has 4 aromatic rings. The van der Waals surface area contributed by atoms with Crippen LogP contribution in [0.4, 0.5) is 5.69 Å². The van der Waals surface area contributed by atoms with Crippen molar-refractivity contribution in [2.45, 2.75) is 19.9 Å². The summed E-state index contributed by atoms with van der Waals surface area (Å²) in [7, 11) is 1.56. The van der Waals surface area contributed by atoms with Gasteiger partial charge in [-0.25, -0.2) is 9.79 Å². The van der Waals surface area contributed by atoms with Crippen LogP contribution in [-0.4, -0.2) is 29.2 Å². The molecule has 0 N–H and O–H groups in total. The van der Waals surface area contributed by atoms with E-state index in [9.17, 15) is 19.7 Å². The van der Waals surface area contributed by atoms with E-state index in [0.29, 0.717) is 43.4 Å². The van der Waals surface area contributed by atoms with Crippen LogP contribution in [-0.2, 0) is 9.53 Å². The summed E-state index contributed by atoms with van der Waals surface area (Å²) in [6.45, 7) is 3.62. The normalized spacial score (nSPS) is 15.1. The Morgan fingerprint density at radius 1 is 1.21 bits per heavy atom. The Balaban J connectivity index is 1.61. The highest BCUT2D eigenvalue weighted by Crippen LogP contribution is 2.32. The number of allylic oxidation sites excluding steroid dienone is 1. The third kappa shape index (κ3) is 4.91. The molecule has 10 nitrogen and oxygen atoms in total. The number of fused-ring (bicyclic) bond motifs is 1. The molecule has 198 valence electrons. The molecule has 1 aliphatic heterocycles. The largest absolute Gasteiger partial charge is 0.497 e. The Bertz CT molecular complexity index is 1800. The van der Waals surface area contributed by atoms with Gasteiger partial charge in [-0.2, -0.15) is 0 Å². The minimum atomic E-state index is -0.745. The number of thiazole rings is 1. The molecule has 3 heterocycles. The number of methoxy groups -OCH3 is 1. The molecule has 0 saturated heterocycles. The Morgan fingerprint density at radius 3 is 2.67 bits per heavy atom. The molecule has 0 aliphatic carbocycles. The second kappa shape index (κ2) is 10.5. The lowest BCUT2D eigenvalue weighted by atomic mass is 9.96. The number of non-ortho nitro benzene ring substituents is 1. The summed E-state index contributed by atoms with van der Waals surface area (Å²) < 4.78 is 18.3. The fraction of sp³-hybridized carbons (Fsp3) is 0.179. The SMILES string of the molecule is CCOC(=O)C1=C(C)N=c2s/c(=C\c3ccc(-c4cccc([N+](=O)[O-])c4)o3)c(=O)n2[C@H]1c1ccc(OC)cc1. The Hall–Kier alpha value is -4.77. The molecule has 11 heteroatoms. The smallest absolute Gasteiger partial charge is 0.338 e. The molecule has 39 heavy (non-hydrogen) atoms. The van der Waals surface area contributed by atoms with E-state index in [1.807, 2.05) is 0 Å². The second-order valence-electron chi connectivity index (χ2n) is 8.58. The van der Waals surface area contributed by atoms with Crippen molar-refractivity contribution in [3.8, 4) is 17.1 Å². The highest BCUT2D eigenvalue weighted by atomic mass is 32.1. The summed E-state index contributed by atoms with van der Waals surface area (Å²) in [6.07, 6.45) is 1.60. The van der Waals surface area contributed by atoms with Gasteiger partial charge in [0.15, 0.2) is 4.80 Å². The molecule has 0 unspecified atom stereocenters. The second-order valence-corrected chi connectivity index (χ2v) is 9.59. The molecule has 0 fully saturated rings. The summed E-state index contributed by atoms with van der Waals surface area (Å²) in [4.78, 5) is 42.4. The summed E-state index contributed by atoms with van der Waals surface area (Å²) in [5.41, 5.74) is 1.60. The first-order chi connectivity index (χ1) is 18.8. The van der Waals surface area contributed by atoms with Crippen LogP contribution in [0.15, 0.2) is 86.1 Å². The van der Waals surface area contributed by atoms with Crippen LogP contribution in [0.1, 0.15) is 31.2 Å². The van der Waals surface area contributed by atoms with Crippen LogP contribution in [0.5, 0.6) is 5.75 Å². The number of furan rings is 1. The number of nitrogens with zero attached hydrogens (tertiary/aromatic N) is 3. The van der Waals surface area contributed by atoms with Gasteiger partial charge < -0.3 is 13.9 Å². The van der Waals surface area contributed by atoms with Crippen molar-refractivity contribution in [1.29, 1.82) is 0 Å². The van der Waals surface area contributed by atoms with Crippen LogP contribution in [0.25, 0.3) is 17.4 Å². The lowest BCUT2D eigenvalue weighted by molar-refractivity contribution is -0.384. The quantitative estimate of drug-likeness (QED) is 0.195. The van der Waals surface area contributed by atoms with Crippen molar-refractivity contribution >= 4 is 29.1 Å². The maximum absolute atomic E-state index is 13.7. The predicted octanol–water partition coefficient (Wildman–Crippen LogP) is 3.98. The molecule has 1 atom stereocenters. The highest BCUT2D eigenvalue weighted by Gasteiger charge is 2.33. The Kier molecular flexibility index (Phi) is 6.99. The molecule has 0 spiro atoms. The average Bonchev–Trinajstić information content (AvgIpc) is 3.52. The molecule has 2 aromatic carbocycles. The van der Waals surface area contributed by atoms with Gasteiger partial charge >= 0.3 is 5.97 Å². The van der Waals surface area contributed by atoms with Crippen LogP contribution >= 0.6 is 11.3 Å². The van der Waals surface area contributed by atoms with Gasteiger partial charge in [-0.15, -0.1) is 0 Å². The van der Waals surface area contributed by atoms with Gasteiger partial charge in [0, 0.05) is 23.8 Å². The van der Waals surface area contributed by atoms with Crippen molar-refractivity contribution in [1.82, 2.24) is 4.57 Å². The van der Waals surface area contributed by atoms with E-state index in [-0.39, 0.29) is 23.4 Å². The maximum atomic E-state index is 13.7. The van der Waals surface area contributed by atoms with Crippen LogP contribution in [0, 0.1) is 10.1 Å². The topological polar surface area (TPSA) is 126 Å². The Labute approximate surface area is 225 Å². The van der Waals surface area contributed by atoms with Crippen molar-refractivity contribution in [3.05, 3.63) is 113 Å². The van der Waals surface area contributed by atoms with E-state index in [1.165, 1.54) is 28.0 Å². The molecule has 2 aromatic heterocycles. The van der Waals surface area contributed by atoms with Crippen LogP contribution in [0.3, 0.4) is 0 Å². The fourth-order valence-electron chi connectivity index (χ4n) is 4.38. The molecule has 0 radical (unpaired) electrons. The zero-order valence-electron chi connectivity index (χ0n) is 21.2. The summed E-state index contributed by atoms with van der Waals surface area (Å²) in [6, 6.07) is 15.9. The number of hydrogen-bond acceptors (Lipinski definition) is 9. The van der Waals surface area contributed by atoms with Crippen molar-refractivity contribution in [2.75, 3.05) is 13.7 Å². The van der Waals surface area contributed by atoms with Gasteiger partial charge in [-0.3, -0.25) is 19.5 Å². The van der Waals surface area contributed by atoms with Gasteiger partial charge in [0.2, 0.25) is 0 Å². The average molecular weight is 546 g/mol. The fourth-order valence-corrected chi connectivity index (χ4v) is 5.41. The summed E-state index contributed by atoms with van der Waals surface area (Å²) in [5.74, 6) is 0.918. The zero-order valence-corrected chi connectivity index (χ0v) is 22.1. The number of aromatic nitrogens is 1. The summed E-state index contributed by atoms with van der Waals surface area (Å²) in [5, 5.41) is 11.1. The van der Waals surface area contributed by atoms with Crippen LogP contribution < -0.4 is 19.6 Å². The standard InChI is InChI=1S/C28H23N3O7S/c1-4-37-27(33)24-16(2)29-28-30(25(24)17-8-10-20(36-3)11-9-17)26(32)23(39-28)15-21-12-13-22(38-21)18-6-5-7-19(14-18)31(34)35/h5-15,25H,4H2,1-3H3/b23-15-/t25-/m0/s1. The van der Waals surface area contributed by atoms with Gasteiger partial charge in [0.1, 0.15) is 17.3 Å². The van der Waals surface area contributed by atoms with Gasteiger partial charge in [0.05, 0.1) is 40.5 Å². The van der Waals surface area contributed by atoms with Crippen LogP contribution in [0.2, 0.25) is 0 Å². The van der Waals surface area contributed by atoms with E-state index in [2.05, 4.69) is 4.99 Å². The van der Waals surface area contributed by atoms with Gasteiger partial charge in [0.25, 0.3) is 11.2 Å². The highest BCUT2D eigenvalue weighted by molar-refractivity contribution is 7.07. The number of carbonyl (C=O) groups excluding carboxylic acids is 1. The molecule has 5 rings (SSSR count). The third-order valence-electron chi connectivity index (χ3n) is 6.19. The van der Waals surface area contributed by atoms with E-state index >= 15 is 0 Å². The third-order valence-corrected chi connectivity index (χ3v) is 7.17. The summed E-state index contributed by atoms with van der Waals surface area (Å²) >= 11 is 1.17. The van der Waals surface area contributed by atoms with Crippen molar-refractivity contribution < 1.29 is 23.6 Å². The van der Waals surface area contributed by atoms with Gasteiger partial charge in [-0.1, -0.05) is 35.6 Å². The first kappa shape index (κ1) is 25.9. The molecule has 0 saturated carbocycles. The van der Waals surface area contributed by atoms with Crippen molar-refractivity contribution in [2.24, 2.45) is 4.99 Å². The van der Waals surface area contributed by atoms with Crippen molar-refractivity contribution in [3.63, 3.8) is 0 Å². The number of ether oxygens (including phenoxy) is 2. The van der Waals surface area contributed by atoms with E-state index in [4.69, 9.17) is 13.9 Å². The predicted molar refractivity (Wildman–Crippen MR) is 144 cm³/mol. The minimum Gasteiger partial charge on any atom is -0.497 e. The van der Waals surface area contributed by atoms with Gasteiger partial charge in [-0.05, 0) is 43.7 Å². The number of benzene rings is 2. The first-order valence-electron chi connectivity index (χ1n) is 12.0. The molecule has 0 amide bonds. The van der Waals surface area contributed by atoms with E-state index in [0.717, 1.165) is 0 Å². The van der Waals surface area contributed by atoms with E-state index < -0.39 is 16.9 Å². The number of esters is 1. The lowest BCUT2D eigenvalue weighted by Gasteiger charge is -2.24. The molecule has 1 aliphatic rings. The number of carbonyl (C=O) groups is 1. The number of rotatable bonds is 7. The lowest BCUT2D eigenvalue weighted by Crippen LogP contribution is -2.39. The molecule has 0 bridgehead atoms. The maximum Gasteiger partial charge on any atom is 0.338 e. The van der Waals surface area contributed by atoms with E-state index in [1.54, 1.807) is 75.6 Å². The number of nitro benzene ring substituents is 1.